The Kier molecular flexibility index (Phi) is 5.29. The Hall–Kier alpha value is -1.66. The van der Waals surface area contributed by atoms with Crippen LogP contribution in [0.5, 0.6) is 5.75 Å². The van der Waals surface area contributed by atoms with Gasteiger partial charge in [-0.05, 0) is 50.9 Å². The monoisotopic (exact) mass is 350 g/mol. The lowest BCUT2D eigenvalue weighted by atomic mass is 9.85. The van der Waals surface area contributed by atoms with Gasteiger partial charge < -0.3 is 14.4 Å². The molecule has 0 aliphatic carbocycles. The van der Waals surface area contributed by atoms with Crippen molar-refractivity contribution in [3.63, 3.8) is 0 Å². The highest BCUT2D eigenvalue weighted by atomic mass is 19.1. The van der Waals surface area contributed by atoms with E-state index < -0.39 is 5.82 Å². The van der Waals surface area contributed by atoms with Crippen molar-refractivity contribution in [2.75, 3.05) is 41.0 Å². The number of carbonyl (C=O) groups is 1. The fourth-order valence-corrected chi connectivity index (χ4v) is 4.29. The molecule has 2 heterocycles. The molecule has 2 aliphatic heterocycles. The van der Waals surface area contributed by atoms with Gasteiger partial charge in [0.1, 0.15) is 0 Å². The predicted molar refractivity (Wildman–Crippen MR) is 93.5 cm³/mol. The van der Waals surface area contributed by atoms with E-state index in [1.165, 1.54) is 19.2 Å². The first-order valence-corrected chi connectivity index (χ1v) is 8.85. The third-order valence-electron chi connectivity index (χ3n) is 5.98. The number of benzene rings is 1. The van der Waals surface area contributed by atoms with Gasteiger partial charge in [0.25, 0.3) is 5.91 Å². The number of likely N-dealkylation sites (N-methyl/N-ethyl adjacent to an activating group) is 1. The van der Waals surface area contributed by atoms with Crippen LogP contribution < -0.4 is 4.74 Å². The first kappa shape index (κ1) is 18.1. The van der Waals surface area contributed by atoms with Gasteiger partial charge >= 0.3 is 0 Å². The average Bonchev–Trinajstić information content (AvgIpc) is 2.92. The number of likely N-dealkylation sites (tertiary alicyclic amines) is 2. The van der Waals surface area contributed by atoms with Gasteiger partial charge in [0.05, 0.1) is 13.7 Å². The topological polar surface area (TPSA) is 42.0 Å². The summed E-state index contributed by atoms with van der Waals surface area (Å²) in [5.41, 5.74) is 0.553. The quantitative estimate of drug-likeness (QED) is 0.837. The van der Waals surface area contributed by atoms with Crippen molar-refractivity contribution >= 4 is 5.91 Å². The number of ether oxygens (including phenoxy) is 2. The van der Waals surface area contributed by atoms with Crippen LogP contribution in [-0.4, -0.2) is 68.3 Å². The molecule has 0 bridgehead atoms. The molecule has 5 nitrogen and oxygen atoms in total. The van der Waals surface area contributed by atoms with Gasteiger partial charge in [-0.15, -0.1) is 0 Å². The molecule has 0 unspecified atom stereocenters. The second-order valence-electron chi connectivity index (χ2n) is 7.12. The zero-order valence-corrected chi connectivity index (χ0v) is 15.3. The largest absolute Gasteiger partial charge is 0.494 e. The predicted octanol–water partition coefficient (Wildman–Crippen LogP) is 2.55. The first-order valence-electron chi connectivity index (χ1n) is 8.85. The van der Waals surface area contributed by atoms with Crippen LogP contribution in [0.15, 0.2) is 18.2 Å². The average molecular weight is 350 g/mol. The lowest BCUT2D eigenvalue weighted by Gasteiger charge is -2.45. The smallest absolute Gasteiger partial charge is 0.253 e. The van der Waals surface area contributed by atoms with Gasteiger partial charge in [0.2, 0.25) is 0 Å². The Balaban J connectivity index is 1.64. The molecular weight excluding hydrogens is 323 g/mol. The van der Waals surface area contributed by atoms with E-state index in [0.717, 1.165) is 32.3 Å². The minimum atomic E-state index is -0.500. The minimum Gasteiger partial charge on any atom is -0.494 e. The minimum absolute atomic E-state index is 0.106. The molecule has 2 fully saturated rings. The van der Waals surface area contributed by atoms with Crippen LogP contribution in [0.2, 0.25) is 0 Å². The molecule has 0 N–H and O–H groups in total. The number of nitrogens with zero attached hydrogens (tertiary/aromatic N) is 2. The van der Waals surface area contributed by atoms with Crippen LogP contribution in [0.25, 0.3) is 0 Å². The summed E-state index contributed by atoms with van der Waals surface area (Å²) in [6, 6.07) is 4.86. The van der Waals surface area contributed by atoms with Crippen molar-refractivity contribution in [1.82, 2.24) is 9.80 Å². The van der Waals surface area contributed by atoms with Crippen LogP contribution in [0.3, 0.4) is 0 Å². The second kappa shape index (κ2) is 7.30. The molecule has 1 aromatic rings. The molecule has 1 spiro atoms. The summed E-state index contributed by atoms with van der Waals surface area (Å²) in [7, 11) is 5.33. The molecule has 0 aromatic heterocycles. The second-order valence-corrected chi connectivity index (χ2v) is 7.12. The lowest BCUT2D eigenvalue weighted by Crippen LogP contribution is -2.54. The van der Waals surface area contributed by atoms with E-state index in [1.54, 1.807) is 13.2 Å². The van der Waals surface area contributed by atoms with Crippen molar-refractivity contribution in [3.8, 4) is 5.75 Å². The van der Waals surface area contributed by atoms with Crippen molar-refractivity contribution in [2.24, 2.45) is 0 Å². The van der Waals surface area contributed by atoms with Crippen LogP contribution >= 0.6 is 0 Å². The summed E-state index contributed by atoms with van der Waals surface area (Å²) < 4.78 is 24.1. The molecule has 2 aliphatic rings. The van der Waals surface area contributed by atoms with Gasteiger partial charge in [0, 0.05) is 37.3 Å². The normalized spacial score (nSPS) is 23.2. The summed E-state index contributed by atoms with van der Waals surface area (Å²) in [6.07, 6.45) is 4.20. The fraction of sp³-hybridized carbons (Fsp3) is 0.632. The zero-order chi connectivity index (χ0) is 18.0. The number of methoxy groups -OCH3 is 2. The molecule has 25 heavy (non-hydrogen) atoms. The summed E-state index contributed by atoms with van der Waals surface area (Å²) in [5.74, 6) is -0.448. The molecule has 138 valence electrons. The van der Waals surface area contributed by atoms with Crippen LogP contribution in [0.1, 0.15) is 36.0 Å². The third-order valence-corrected chi connectivity index (χ3v) is 5.98. The highest BCUT2D eigenvalue weighted by Crippen LogP contribution is 2.40. The van der Waals surface area contributed by atoms with Gasteiger partial charge in [-0.2, -0.15) is 0 Å². The summed E-state index contributed by atoms with van der Waals surface area (Å²) in [5, 5.41) is 0. The molecule has 1 amide bonds. The van der Waals surface area contributed by atoms with E-state index in [4.69, 9.17) is 9.47 Å². The standard InChI is InChI=1S/C19H27FN2O3/c1-21-15(13-24-2)6-7-19(21)8-10-22(11-9-19)18(23)14-4-5-17(25-3)16(20)12-14/h4-5,12,15H,6-11,13H2,1-3H3/t15-/m1/s1. The van der Waals surface area contributed by atoms with E-state index >= 15 is 0 Å². The molecule has 2 saturated heterocycles. The SMILES string of the molecule is COC[C@H]1CCC2(CCN(C(=O)c3ccc(OC)c(F)c3)CC2)N1C. The van der Waals surface area contributed by atoms with E-state index in [2.05, 4.69) is 11.9 Å². The fourth-order valence-electron chi connectivity index (χ4n) is 4.29. The van der Waals surface area contributed by atoms with Crippen molar-refractivity contribution in [1.29, 1.82) is 0 Å². The lowest BCUT2D eigenvalue weighted by molar-refractivity contribution is 0.0273. The molecule has 0 saturated carbocycles. The van der Waals surface area contributed by atoms with Crippen LogP contribution in [0, 0.1) is 5.82 Å². The maximum Gasteiger partial charge on any atom is 0.253 e. The Labute approximate surface area is 148 Å². The Morgan fingerprint density at radius 1 is 1.28 bits per heavy atom. The number of hydrogen-bond donors (Lipinski definition) is 0. The van der Waals surface area contributed by atoms with Gasteiger partial charge in [-0.1, -0.05) is 0 Å². The van der Waals surface area contributed by atoms with E-state index in [-0.39, 0.29) is 17.2 Å². The van der Waals surface area contributed by atoms with Crippen molar-refractivity contribution in [3.05, 3.63) is 29.6 Å². The van der Waals surface area contributed by atoms with E-state index in [9.17, 15) is 9.18 Å². The third kappa shape index (κ3) is 3.37. The zero-order valence-electron chi connectivity index (χ0n) is 15.3. The van der Waals surface area contributed by atoms with Crippen LogP contribution in [0.4, 0.5) is 4.39 Å². The van der Waals surface area contributed by atoms with E-state index in [0.29, 0.717) is 24.7 Å². The van der Waals surface area contributed by atoms with E-state index in [1.807, 2.05) is 4.90 Å². The molecule has 3 rings (SSSR count). The number of piperidine rings is 1. The Morgan fingerprint density at radius 2 is 2.00 bits per heavy atom. The number of amides is 1. The summed E-state index contributed by atoms with van der Waals surface area (Å²) >= 11 is 0. The van der Waals surface area contributed by atoms with Gasteiger partial charge in [-0.25, -0.2) is 4.39 Å². The molecular formula is C19H27FN2O3. The van der Waals surface area contributed by atoms with Gasteiger partial charge in [-0.3, -0.25) is 9.69 Å². The summed E-state index contributed by atoms with van der Waals surface area (Å²) in [4.78, 5) is 17.0. The molecule has 6 heteroatoms. The van der Waals surface area contributed by atoms with Crippen molar-refractivity contribution < 1.29 is 18.7 Å². The molecule has 1 aromatic carbocycles. The maximum atomic E-state index is 13.9. The maximum absolute atomic E-state index is 13.9. The molecule has 1 atom stereocenters. The van der Waals surface area contributed by atoms with Crippen molar-refractivity contribution in [2.45, 2.75) is 37.3 Å². The highest BCUT2D eigenvalue weighted by Gasteiger charge is 2.46. The Bertz CT molecular complexity index is 629. The van der Waals surface area contributed by atoms with Crippen LogP contribution in [-0.2, 0) is 4.74 Å². The number of halogens is 1. The van der Waals surface area contributed by atoms with Gasteiger partial charge in [0.15, 0.2) is 11.6 Å². The summed E-state index contributed by atoms with van der Waals surface area (Å²) in [6.45, 7) is 2.17. The Morgan fingerprint density at radius 3 is 2.60 bits per heavy atom. The highest BCUT2D eigenvalue weighted by molar-refractivity contribution is 5.94. The molecule has 0 radical (unpaired) electrons. The first-order chi connectivity index (χ1) is 12.0. The number of hydrogen-bond acceptors (Lipinski definition) is 4. The number of rotatable bonds is 4. The number of carbonyl (C=O) groups excluding carboxylic acids is 1.